The average molecular weight is 288 g/mol. The van der Waals surface area contributed by atoms with Gasteiger partial charge < -0.3 is 15.2 Å². The van der Waals surface area contributed by atoms with Crippen molar-refractivity contribution in [1.29, 1.82) is 0 Å². The number of halogens is 1. The molecule has 1 aromatic rings. The predicted octanol–water partition coefficient (Wildman–Crippen LogP) is 2.23. The van der Waals surface area contributed by atoms with Crippen LogP contribution in [0.15, 0.2) is 28.7 Å². The molecule has 0 unspecified atom stereocenters. The molecule has 0 aliphatic rings. The van der Waals surface area contributed by atoms with Crippen LogP contribution in [0.2, 0.25) is 0 Å². The number of carbonyl (C=O) groups excluding carboxylic acids is 1. The molecule has 88 valence electrons. The van der Waals surface area contributed by atoms with Gasteiger partial charge in [-0.15, -0.1) is 0 Å². The molecule has 0 saturated heterocycles. The second-order valence-electron chi connectivity index (χ2n) is 3.28. The highest BCUT2D eigenvalue weighted by Crippen LogP contribution is 2.16. The van der Waals surface area contributed by atoms with Crippen LogP contribution in [-0.4, -0.2) is 24.4 Å². The van der Waals surface area contributed by atoms with Crippen LogP contribution in [0.1, 0.15) is 18.5 Å². The van der Waals surface area contributed by atoms with Crippen LogP contribution < -0.4 is 5.32 Å². The number of amides is 1. The monoisotopic (exact) mass is 287 g/mol. The molecule has 0 spiro atoms. The minimum atomic E-state index is -0.524. The SMILES string of the molecule is C[C@H](NC(=O)OCCO)c1ccc(Br)cc1. The van der Waals surface area contributed by atoms with Crippen LogP contribution in [0.25, 0.3) is 0 Å². The number of ether oxygens (including phenoxy) is 1. The average Bonchev–Trinajstić information content (AvgIpc) is 2.27. The Morgan fingerprint density at radius 2 is 2.12 bits per heavy atom. The number of carbonyl (C=O) groups is 1. The zero-order valence-electron chi connectivity index (χ0n) is 8.94. The highest BCUT2D eigenvalue weighted by atomic mass is 79.9. The van der Waals surface area contributed by atoms with Crippen LogP contribution in [0.4, 0.5) is 4.79 Å². The van der Waals surface area contributed by atoms with E-state index in [2.05, 4.69) is 21.2 Å². The Kier molecular flexibility index (Phi) is 5.28. The molecule has 0 saturated carbocycles. The summed E-state index contributed by atoms with van der Waals surface area (Å²) in [5.74, 6) is 0. The van der Waals surface area contributed by atoms with Crippen molar-refractivity contribution in [2.75, 3.05) is 13.2 Å². The first kappa shape index (κ1) is 13.0. The number of aliphatic hydroxyl groups excluding tert-OH is 1. The third-order valence-corrected chi connectivity index (χ3v) is 2.56. The summed E-state index contributed by atoms with van der Waals surface area (Å²) in [5.41, 5.74) is 0.990. The van der Waals surface area contributed by atoms with Gasteiger partial charge in [0.15, 0.2) is 0 Å². The quantitative estimate of drug-likeness (QED) is 0.893. The number of hydrogen-bond donors (Lipinski definition) is 2. The van der Waals surface area contributed by atoms with Gasteiger partial charge >= 0.3 is 6.09 Å². The fraction of sp³-hybridized carbons (Fsp3) is 0.364. The smallest absolute Gasteiger partial charge is 0.407 e. The normalized spacial score (nSPS) is 11.9. The molecule has 16 heavy (non-hydrogen) atoms. The molecule has 0 bridgehead atoms. The van der Waals surface area contributed by atoms with Gasteiger partial charge in [-0.25, -0.2) is 4.79 Å². The number of alkyl carbamates (subject to hydrolysis) is 1. The van der Waals surface area contributed by atoms with E-state index >= 15 is 0 Å². The van der Waals surface area contributed by atoms with Crippen LogP contribution in [0.5, 0.6) is 0 Å². The zero-order chi connectivity index (χ0) is 12.0. The topological polar surface area (TPSA) is 58.6 Å². The number of hydrogen-bond acceptors (Lipinski definition) is 3. The maximum Gasteiger partial charge on any atom is 0.407 e. The van der Waals surface area contributed by atoms with E-state index in [1.807, 2.05) is 31.2 Å². The van der Waals surface area contributed by atoms with E-state index in [-0.39, 0.29) is 19.3 Å². The second kappa shape index (κ2) is 6.50. The van der Waals surface area contributed by atoms with Crippen molar-refractivity contribution in [2.24, 2.45) is 0 Å². The van der Waals surface area contributed by atoms with Gasteiger partial charge in [0.2, 0.25) is 0 Å². The summed E-state index contributed by atoms with van der Waals surface area (Å²) in [4.78, 5) is 11.2. The van der Waals surface area contributed by atoms with Crippen molar-refractivity contribution in [3.63, 3.8) is 0 Å². The van der Waals surface area contributed by atoms with Crippen molar-refractivity contribution < 1.29 is 14.6 Å². The largest absolute Gasteiger partial charge is 0.447 e. The summed E-state index contributed by atoms with van der Waals surface area (Å²) in [6.07, 6.45) is -0.524. The lowest BCUT2D eigenvalue weighted by Crippen LogP contribution is -2.28. The highest BCUT2D eigenvalue weighted by molar-refractivity contribution is 9.10. The molecule has 5 heteroatoms. The van der Waals surface area contributed by atoms with Crippen LogP contribution >= 0.6 is 15.9 Å². The third-order valence-electron chi connectivity index (χ3n) is 2.03. The minimum absolute atomic E-state index is 0.0128. The molecule has 1 rings (SSSR count). The molecule has 1 atom stereocenters. The van der Waals surface area contributed by atoms with Gasteiger partial charge in [-0.2, -0.15) is 0 Å². The Bertz CT molecular complexity index is 340. The lowest BCUT2D eigenvalue weighted by atomic mass is 10.1. The standard InChI is InChI=1S/C11H14BrNO3/c1-8(13-11(15)16-7-6-14)9-2-4-10(12)5-3-9/h2-5,8,14H,6-7H2,1H3,(H,13,15)/t8-/m0/s1. The lowest BCUT2D eigenvalue weighted by Gasteiger charge is -2.14. The van der Waals surface area contributed by atoms with Gasteiger partial charge in [0.05, 0.1) is 12.6 Å². The van der Waals surface area contributed by atoms with Crippen LogP contribution in [-0.2, 0) is 4.74 Å². The van der Waals surface area contributed by atoms with E-state index in [4.69, 9.17) is 9.84 Å². The van der Waals surface area contributed by atoms with Gasteiger partial charge in [-0.1, -0.05) is 28.1 Å². The minimum Gasteiger partial charge on any atom is -0.447 e. The van der Waals surface area contributed by atoms with Crippen molar-refractivity contribution >= 4 is 22.0 Å². The Balaban J connectivity index is 2.48. The van der Waals surface area contributed by atoms with E-state index in [9.17, 15) is 4.79 Å². The van der Waals surface area contributed by atoms with Crippen LogP contribution in [0.3, 0.4) is 0 Å². The number of benzene rings is 1. The Labute approximate surface area is 103 Å². The molecular formula is C11H14BrNO3. The molecular weight excluding hydrogens is 274 g/mol. The molecule has 0 aliphatic heterocycles. The molecule has 1 amide bonds. The number of rotatable bonds is 4. The first-order valence-corrected chi connectivity index (χ1v) is 5.72. The van der Waals surface area contributed by atoms with Gasteiger partial charge in [-0.3, -0.25) is 0 Å². The maximum atomic E-state index is 11.2. The summed E-state index contributed by atoms with van der Waals surface area (Å²) >= 11 is 3.34. The van der Waals surface area contributed by atoms with Crippen molar-refractivity contribution in [2.45, 2.75) is 13.0 Å². The Morgan fingerprint density at radius 3 is 2.69 bits per heavy atom. The summed E-state index contributed by atoms with van der Waals surface area (Å²) < 4.78 is 5.69. The van der Waals surface area contributed by atoms with Crippen molar-refractivity contribution in [3.8, 4) is 0 Å². The number of nitrogens with one attached hydrogen (secondary N) is 1. The summed E-state index contributed by atoms with van der Waals surface area (Å²) in [7, 11) is 0. The van der Waals surface area contributed by atoms with E-state index < -0.39 is 6.09 Å². The molecule has 2 N–H and O–H groups in total. The molecule has 0 radical (unpaired) electrons. The van der Waals surface area contributed by atoms with Gasteiger partial charge in [-0.05, 0) is 24.6 Å². The molecule has 4 nitrogen and oxygen atoms in total. The van der Waals surface area contributed by atoms with Gasteiger partial charge in [0.1, 0.15) is 6.61 Å². The van der Waals surface area contributed by atoms with Gasteiger partial charge in [0.25, 0.3) is 0 Å². The van der Waals surface area contributed by atoms with Crippen molar-refractivity contribution in [1.82, 2.24) is 5.32 Å². The predicted molar refractivity (Wildman–Crippen MR) is 64.1 cm³/mol. The van der Waals surface area contributed by atoms with Gasteiger partial charge in [0, 0.05) is 4.47 Å². The summed E-state index contributed by atoms with van der Waals surface area (Å²) in [6.45, 7) is 1.71. The van der Waals surface area contributed by atoms with E-state index in [0.717, 1.165) is 10.0 Å². The summed E-state index contributed by atoms with van der Waals surface area (Å²) in [5, 5.41) is 11.1. The van der Waals surface area contributed by atoms with E-state index in [1.54, 1.807) is 0 Å². The van der Waals surface area contributed by atoms with Crippen LogP contribution in [0, 0.1) is 0 Å². The second-order valence-corrected chi connectivity index (χ2v) is 4.19. The maximum absolute atomic E-state index is 11.2. The zero-order valence-corrected chi connectivity index (χ0v) is 10.5. The Morgan fingerprint density at radius 1 is 1.50 bits per heavy atom. The first-order valence-electron chi connectivity index (χ1n) is 4.93. The molecule has 1 aromatic carbocycles. The van der Waals surface area contributed by atoms with E-state index in [1.165, 1.54) is 0 Å². The third kappa shape index (κ3) is 4.20. The van der Waals surface area contributed by atoms with E-state index in [0.29, 0.717) is 0 Å². The fourth-order valence-corrected chi connectivity index (χ4v) is 1.46. The molecule has 0 aromatic heterocycles. The fourth-order valence-electron chi connectivity index (χ4n) is 1.19. The molecule has 0 fully saturated rings. The summed E-state index contributed by atoms with van der Waals surface area (Å²) in [6, 6.07) is 7.53. The molecule has 0 aliphatic carbocycles. The van der Waals surface area contributed by atoms with Crippen molar-refractivity contribution in [3.05, 3.63) is 34.3 Å². The molecule has 0 heterocycles. The highest BCUT2D eigenvalue weighted by Gasteiger charge is 2.09. The lowest BCUT2D eigenvalue weighted by molar-refractivity contribution is 0.116. The number of aliphatic hydroxyl groups is 1. The first-order chi connectivity index (χ1) is 7.63. The Hall–Kier alpha value is -1.07.